The van der Waals surface area contributed by atoms with E-state index >= 15 is 0 Å². The molecule has 22 heavy (non-hydrogen) atoms. The molecule has 1 N–H and O–H groups in total. The van der Waals surface area contributed by atoms with Gasteiger partial charge in [-0.3, -0.25) is 9.52 Å². The number of sulfonamides is 1. The van der Waals surface area contributed by atoms with Gasteiger partial charge in [0.1, 0.15) is 4.21 Å². The molecule has 1 saturated heterocycles. The normalized spacial score (nSPS) is 15.3. The number of thiophene rings is 1. The molecule has 1 aromatic heterocycles. The van der Waals surface area contributed by atoms with Crippen LogP contribution in [0.5, 0.6) is 0 Å². The lowest BCUT2D eigenvalue weighted by Gasteiger charge is -2.20. The van der Waals surface area contributed by atoms with Crippen LogP contribution in [0.25, 0.3) is 0 Å². The summed E-state index contributed by atoms with van der Waals surface area (Å²) in [5.41, 5.74) is 0.971. The second-order valence-corrected chi connectivity index (χ2v) is 8.45. The van der Waals surface area contributed by atoms with Crippen molar-refractivity contribution in [2.45, 2.75) is 17.1 Å². The summed E-state index contributed by atoms with van der Waals surface area (Å²) in [6.07, 6.45) is 1.27. The van der Waals surface area contributed by atoms with Crippen molar-refractivity contribution >= 4 is 50.2 Å². The molecule has 0 atom stereocenters. The summed E-state index contributed by atoms with van der Waals surface area (Å²) in [5, 5.41) is 0. The molecule has 2 aromatic rings. The second-order valence-electron chi connectivity index (χ2n) is 4.83. The second kappa shape index (κ2) is 5.91. The number of carbonyl (C=O) groups excluding carboxylic acids is 1. The molecule has 5 nitrogen and oxygen atoms in total. The van der Waals surface area contributed by atoms with Crippen LogP contribution in [0.4, 0.5) is 11.4 Å². The fraction of sp³-hybridized carbons (Fsp3) is 0.214. The molecule has 1 aliphatic heterocycles. The summed E-state index contributed by atoms with van der Waals surface area (Å²) >= 11 is 6.78. The third-order valence-corrected chi connectivity index (χ3v) is 6.41. The Labute approximate surface area is 137 Å². The van der Waals surface area contributed by atoms with Crippen LogP contribution in [0.2, 0.25) is 4.34 Å². The maximum absolute atomic E-state index is 12.4. The molecule has 0 saturated carbocycles. The van der Waals surface area contributed by atoms with Gasteiger partial charge in [0.05, 0.1) is 15.7 Å². The molecular formula is C14H13ClN2O3S2. The van der Waals surface area contributed by atoms with Crippen LogP contribution in [0.1, 0.15) is 12.8 Å². The first-order valence-electron chi connectivity index (χ1n) is 6.65. The Kier molecular flexibility index (Phi) is 4.12. The Morgan fingerprint density at radius 2 is 1.95 bits per heavy atom. The monoisotopic (exact) mass is 356 g/mol. The topological polar surface area (TPSA) is 66.5 Å². The maximum Gasteiger partial charge on any atom is 0.271 e. The van der Waals surface area contributed by atoms with Crippen molar-refractivity contribution in [3.8, 4) is 0 Å². The van der Waals surface area contributed by atoms with E-state index in [1.807, 2.05) is 0 Å². The van der Waals surface area contributed by atoms with Gasteiger partial charge in [0.15, 0.2) is 0 Å². The molecule has 2 heterocycles. The molecule has 116 valence electrons. The summed E-state index contributed by atoms with van der Waals surface area (Å²) < 4.78 is 27.9. The molecule has 0 unspecified atom stereocenters. The van der Waals surface area contributed by atoms with Crippen LogP contribution < -0.4 is 9.62 Å². The van der Waals surface area contributed by atoms with Gasteiger partial charge in [-0.25, -0.2) is 8.42 Å². The predicted octanol–water partition coefficient (Wildman–Crippen LogP) is 3.33. The van der Waals surface area contributed by atoms with Crippen molar-refractivity contribution < 1.29 is 13.2 Å². The van der Waals surface area contributed by atoms with Crippen molar-refractivity contribution in [2.75, 3.05) is 16.2 Å². The first-order chi connectivity index (χ1) is 10.5. The quantitative estimate of drug-likeness (QED) is 0.913. The smallest absolute Gasteiger partial charge is 0.271 e. The molecule has 0 bridgehead atoms. The van der Waals surface area contributed by atoms with Gasteiger partial charge in [-0.2, -0.15) is 0 Å². The number of para-hydroxylation sites is 2. The van der Waals surface area contributed by atoms with Gasteiger partial charge >= 0.3 is 0 Å². The minimum absolute atomic E-state index is 0.00539. The summed E-state index contributed by atoms with van der Waals surface area (Å²) in [6, 6.07) is 9.88. The van der Waals surface area contributed by atoms with Gasteiger partial charge < -0.3 is 4.90 Å². The highest BCUT2D eigenvalue weighted by Crippen LogP contribution is 2.32. The van der Waals surface area contributed by atoms with Crippen molar-refractivity contribution in [1.82, 2.24) is 0 Å². The zero-order valence-corrected chi connectivity index (χ0v) is 13.8. The van der Waals surface area contributed by atoms with E-state index in [9.17, 15) is 13.2 Å². The fourth-order valence-corrected chi connectivity index (χ4v) is 4.89. The SMILES string of the molecule is O=C1CCCN1c1ccccc1NS(=O)(=O)c1ccc(Cl)s1. The Hall–Kier alpha value is -1.57. The van der Waals surface area contributed by atoms with E-state index in [2.05, 4.69) is 4.72 Å². The van der Waals surface area contributed by atoms with Crippen LogP contribution in [0.3, 0.4) is 0 Å². The Balaban J connectivity index is 1.94. The molecule has 1 aliphatic rings. The third kappa shape index (κ3) is 2.97. The van der Waals surface area contributed by atoms with Crippen LogP contribution in [0, 0.1) is 0 Å². The molecule has 0 aliphatic carbocycles. The largest absolute Gasteiger partial charge is 0.310 e. The summed E-state index contributed by atoms with van der Waals surface area (Å²) in [5.74, 6) is 0.00539. The summed E-state index contributed by atoms with van der Waals surface area (Å²) in [4.78, 5) is 13.5. The number of amides is 1. The molecule has 8 heteroatoms. The maximum atomic E-state index is 12.4. The lowest BCUT2D eigenvalue weighted by atomic mass is 10.2. The highest BCUT2D eigenvalue weighted by atomic mass is 35.5. The Morgan fingerprint density at radius 1 is 1.18 bits per heavy atom. The number of benzene rings is 1. The molecular weight excluding hydrogens is 344 g/mol. The summed E-state index contributed by atoms with van der Waals surface area (Å²) in [6.45, 7) is 0.600. The number of halogens is 1. The lowest BCUT2D eigenvalue weighted by molar-refractivity contribution is -0.117. The summed E-state index contributed by atoms with van der Waals surface area (Å²) in [7, 11) is -3.72. The number of rotatable bonds is 4. The van der Waals surface area contributed by atoms with Crippen molar-refractivity contribution in [3.05, 3.63) is 40.7 Å². The minimum Gasteiger partial charge on any atom is -0.310 e. The highest BCUT2D eigenvalue weighted by molar-refractivity contribution is 7.94. The number of nitrogens with one attached hydrogen (secondary N) is 1. The molecule has 3 rings (SSSR count). The highest BCUT2D eigenvalue weighted by Gasteiger charge is 2.25. The number of hydrogen-bond donors (Lipinski definition) is 1. The average molecular weight is 357 g/mol. The van der Waals surface area contributed by atoms with Crippen molar-refractivity contribution in [2.24, 2.45) is 0 Å². The van der Waals surface area contributed by atoms with Crippen LogP contribution in [-0.2, 0) is 14.8 Å². The number of nitrogens with zero attached hydrogens (tertiary/aromatic N) is 1. The molecule has 1 amide bonds. The first kappa shape index (κ1) is 15.3. The predicted molar refractivity (Wildman–Crippen MR) is 88.2 cm³/mol. The standard InChI is InChI=1S/C14H13ClN2O3S2/c15-12-7-8-14(21-12)22(19,20)16-10-4-1-2-5-11(10)17-9-3-6-13(17)18/h1-2,4-5,7-8,16H,3,6,9H2. The first-order valence-corrected chi connectivity index (χ1v) is 9.33. The fourth-order valence-electron chi connectivity index (χ4n) is 2.34. The van der Waals surface area contributed by atoms with E-state index in [-0.39, 0.29) is 10.1 Å². The molecule has 1 fully saturated rings. The van der Waals surface area contributed by atoms with E-state index in [0.29, 0.717) is 28.7 Å². The van der Waals surface area contributed by atoms with Gasteiger partial charge in [-0.15, -0.1) is 11.3 Å². The Bertz CT molecular complexity index is 817. The zero-order chi connectivity index (χ0) is 15.7. The third-order valence-electron chi connectivity index (χ3n) is 3.33. The van der Waals surface area contributed by atoms with Gasteiger partial charge in [0.25, 0.3) is 10.0 Å². The lowest BCUT2D eigenvalue weighted by Crippen LogP contribution is -2.25. The van der Waals surface area contributed by atoms with Crippen LogP contribution >= 0.6 is 22.9 Å². The van der Waals surface area contributed by atoms with E-state index in [1.54, 1.807) is 29.2 Å². The van der Waals surface area contributed by atoms with E-state index < -0.39 is 10.0 Å². The minimum atomic E-state index is -3.72. The zero-order valence-electron chi connectivity index (χ0n) is 11.5. The number of carbonyl (C=O) groups is 1. The van der Waals surface area contributed by atoms with Crippen LogP contribution in [-0.4, -0.2) is 20.9 Å². The average Bonchev–Trinajstić information content (AvgIpc) is 3.08. The number of anilines is 2. The van der Waals surface area contributed by atoms with Crippen molar-refractivity contribution in [1.29, 1.82) is 0 Å². The van der Waals surface area contributed by atoms with E-state index in [0.717, 1.165) is 17.8 Å². The molecule has 1 aromatic carbocycles. The molecule has 0 spiro atoms. The van der Waals surface area contributed by atoms with Gasteiger partial charge in [-0.1, -0.05) is 23.7 Å². The van der Waals surface area contributed by atoms with Crippen LogP contribution in [0.15, 0.2) is 40.6 Å². The number of hydrogen-bond acceptors (Lipinski definition) is 4. The van der Waals surface area contributed by atoms with Gasteiger partial charge in [0.2, 0.25) is 5.91 Å². The van der Waals surface area contributed by atoms with Gasteiger partial charge in [0, 0.05) is 13.0 Å². The molecule has 0 radical (unpaired) electrons. The van der Waals surface area contributed by atoms with E-state index in [1.165, 1.54) is 12.1 Å². The van der Waals surface area contributed by atoms with Crippen molar-refractivity contribution in [3.63, 3.8) is 0 Å². The van der Waals surface area contributed by atoms with E-state index in [4.69, 9.17) is 11.6 Å². The van der Waals surface area contributed by atoms with Gasteiger partial charge in [-0.05, 0) is 30.7 Å². The Morgan fingerprint density at radius 3 is 2.59 bits per heavy atom.